The lowest BCUT2D eigenvalue weighted by molar-refractivity contribution is -0.384. The molecule has 2 fully saturated rings. The van der Waals surface area contributed by atoms with Crippen molar-refractivity contribution in [2.75, 3.05) is 19.7 Å². The minimum absolute atomic E-state index is 0.0995. The van der Waals surface area contributed by atoms with E-state index in [9.17, 15) is 24.8 Å². The number of rotatable bonds is 4. The summed E-state index contributed by atoms with van der Waals surface area (Å²) in [7, 11) is 0. The lowest BCUT2D eigenvalue weighted by Crippen LogP contribution is -2.43. The maximum absolute atomic E-state index is 12.8. The zero-order valence-electron chi connectivity index (χ0n) is 14.6. The predicted molar refractivity (Wildman–Crippen MR) is 91.9 cm³/mol. The fourth-order valence-corrected chi connectivity index (χ4v) is 3.90. The fraction of sp³-hybridized carbons (Fsp3) is 0.556. The highest BCUT2D eigenvalue weighted by atomic mass is 16.6. The van der Waals surface area contributed by atoms with E-state index >= 15 is 0 Å². The van der Waals surface area contributed by atoms with Gasteiger partial charge in [0, 0.05) is 37.4 Å². The van der Waals surface area contributed by atoms with E-state index in [1.54, 1.807) is 17.9 Å². The Kier molecular flexibility index (Phi) is 5.22. The van der Waals surface area contributed by atoms with E-state index in [0.717, 1.165) is 0 Å². The second-order valence-corrected chi connectivity index (χ2v) is 6.95. The maximum Gasteiger partial charge on any atom is 0.309 e. The first-order valence-electron chi connectivity index (χ1n) is 8.77. The number of aryl methyl sites for hydroxylation is 1. The lowest BCUT2D eigenvalue weighted by atomic mass is 9.84. The van der Waals surface area contributed by atoms with Gasteiger partial charge in [0.1, 0.15) is 0 Å². The molecule has 1 N–H and O–H groups in total. The number of hydrogen-bond donors (Lipinski definition) is 1. The van der Waals surface area contributed by atoms with Crippen molar-refractivity contribution in [2.24, 2.45) is 11.8 Å². The van der Waals surface area contributed by atoms with E-state index in [1.165, 1.54) is 12.1 Å². The van der Waals surface area contributed by atoms with Crippen LogP contribution in [0.3, 0.4) is 0 Å². The van der Waals surface area contributed by atoms with E-state index in [2.05, 4.69) is 0 Å². The van der Waals surface area contributed by atoms with Crippen LogP contribution in [-0.4, -0.2) is 52.6 Å². The number of likely N-dealkylation sites (tertiary alicyclic amines) is 1. The molecule has 1 aromatic carbocycles. The maximum atomic E-state index is 12.8. The van der Waals surface area contributed by atoms with Gasteiger partial charge in [0.05, 0.1) is 16.9 Å². The Morgan fingerprint density at radius 3 is 2.58 bits per heavy atom. The molecule has 1 amide bonds. The van der Waals surface area contributed by atoms with Crippen molar-refractivity contribution in [3.05, 3.63) is 39.4 Å². The number of nitrogens with zero attached hydrogens (tertiary/aromatic N) is 2. The fourth-order valence-electron chi connectivity index (χ4n) is 3.90. The van der Waals surface area contributed by atoms with E-state index in [4.69, 9.17) is 4.74 Å². The second-order valence-electron chi connectivity index (χ2n) is 6.95. The zero-order valence-corrected chi connectivity index (χ0v) is 14.6. The van der Waals surface area contributed by atoms with Crippen LogP contribution in [0.5, 0.6) is 0 Å². The van der Waals surface area contributed by atoms with Crippen LogP contribution in [0, 0.1) is 28.9 Å². The van der Waals surface area contributed by atoms with Crippen LogP contribution in [0.15, 0.2) is 18.2 Å². The summed E-state index contributed by atoms with van der Waals surface area (Å²) < 4.78 is 5.65. The van der Waals surface area contributed by atoms with Crippen LogP contribution in [0.2, 0.25) is 0 Å². The molecular formula is C18H22N2O6. The van der Waals surface area contributed by atoms with Crippen molar-refractivity contribution in [3.63, 3.8) is 0 Å². The molecule has 2 aliphatic heterocycles. The molecule has 2 saturated heterocycles. The number of nitro benzene ring substituents is 1. The first-order valence-corrected chi connectivity index (χ1v) is 8.77. The smallest absolute Gasteiger partial charge is 0.309 e. The summed E-state index contributed by atoms with van der Waals surface area (Å²) >= 11 is 0. The Morgan fingerprint density at radius 1 is 1.27 bits per heavy atom. The molecule has 26 heavy (non-hydrogen) atoms. The van der Waals surface area contributed by atoms with Crippen molar-refractivity contribution in [1.29, 1.82) is 0 Å². The first kappa shape index (κ1) is 18.3. The minimum Gasteiger partial charge on any atom is -0.481 e. The second kappa shape index (κ2) is 7.41. The highest BCUT2D eigenvalue weighted by Gasteiger charge is 2.41. The Hall–Kier alpha value is -2.48. The number of carboxylic acid groups (broad SMARTS) is 1. The summed E-state index contributed by atoms with van der Waals surface area (Å²) in [5, 5.41) is 20.3. The van der Waals surface area contributed by atoms with Crippen molar-refractivity contribution >= 4 is 17.6 Å². The van der Waals surface area contributed by atoms with Crippen LogP contribution < -0.4 is 0 Å². The number of carbonyl (C=O) groups excluding carboxylic acids is 1. The van der Waals surface area contributed by atoms with Crippen LogP contribution in [-0.2, 0) is 9.53 Å². The SMILES string of the molecule is Cc1ccc([N+](=O)[O-])cc1C(=O)N1CCC([C@@H]2OCCC2C(=O)O)CC1. The van der Waals surface area contributed by atoms with Crippen LogP contribution in [0.4, 0.5) is 5.69 Å². The Morgan fingerprint density at radius 2 is 1.96 bits per heavy atom. The molecular weight excluding hydrogens is 340 g/mol. The van der Waals surface area contributed by atoms with Gasteiger partial charge in [-0.3, -0.25) is 19.7 Å². The van der Waals surface area contributed by atoms with Crippen LogP contribution >= 0.6 is 0 Å². The number of piperidine rings is 1. The normalized spacial score (nSPS) is 23.8. The minimum atomic E-state index is -0.821. The van der Waals surface area contributed by atoms with Crippen LogP contribution in [0.25, 0.3) is 0 Å². The number of aliphatic carboxylic acids is 1. The monoisotopic (exact) mass is 362 g/mol. The lowest BCUT2D eigenvalue weighted by Gasteiger charge is -2.35. The highest BCUT2D eigenvalue weighted by Crippen LogP contribution is 2.33. The Labute approximate surface area is 150 Å². The van der Waals surface area contributed by atoms with Gasteiger partial charge in [0.15, 0.2) is 0 Å². The average molecular weight is 362 g/mol. The van der Waals surface area contributed by atoms with Crippen molar-refractivity contribution in [3.8, 4) is 0 Å². The number of nitro groups is 1. The number of hydrogen-bond acceptors (Lipinski definition) is 5. The van der Waals surface area contributed by atoms with Crippen molar-refractivity contribution in [1.82, 2.24) is 4.90 Å². The van der Waals surface area contributed by atoms with Crippen molar-refractivity contribution in [2.45, 2.75) is 32.3 Å². The van der Waals surface area contributed by atoms with Gasteiger partial charge in [-0.25, -0.2) is 0 Å². The number of ether oxygens (including phenoxy) is 1. The number of amides is 1. The third-order valence-electron chi connectivity index (χ3n) is 5.41. The van der Waals surface area contributed by atoms with Gasteiger partial charge in [0.25, 0.3) is 11.6 Å². The van der Waals surface area contributed by atoms with E-state index in [0.29, 0.717) is 50.1 Å². The Balaban J connectivity index is 1.67. The molecule has 2 aliphatic rings. The molecule has 8 nitrogen and oxygen atoms in total. The van der Waals surface area contributed by atoms with E-state index < -0.39 is 16.8 Å². The molecule has 0 aliphatic carbocycles. The van der Waals surface area contributed by atoms with Crippen LogP contribution in [0.1, 0.15) is 35.2 Å². The molecule has 3 rings (SSSR count). The topological polar surface area (TPSA) is 110 Å². The quantitative estimate of drug-likeness (QED) is 0.650. The number of non-ortho nitro benzene ring substituents is 1. The van der Waals surface area contributed by atoms with Gasteiger partial charge in [-0.2, -0.15) is 0 Å². The summed E-state index contributed by atoms with van der Waals surface area (Å²) in [6.45, 7) is 3.22. The molecule has 8 heteroatoms. The summed E-state index contributed by atoms with van der Waals surface area (Å²) in [6.07, 6.45) is 1.60. The molecule has 2 atom stereocenters. The summed E-state index contributed by atoms with van der Waals surface area (Å²) in [5.41, 5.74) is 0.948. The van der Waals surface area contributed by atoms with Gasteiger partial charge in [-0.15, -0.1) is 0 Å². The van der Waals surface area contributed by atoms with Gasteiger partial charge < -0.3 is 14.7 Å². The molecule has 0 bridgehead atoms. The number of carboxylic acids is 1. The molecule has 1 unspecified atom stereocenters. The average Bonchev–Trinajstić information content (AvgIpc) is 3.11. The van der Waals surface area contributed by atoms with Gasteiger partial charge in [-0.1, -0.05) is 6.07 Å². The summed E-state index contributed by atoms with van der Waals surface area (Å²) in [6, 6.07) is 4.30. The largest absolute Gasteiger partial charge is 0.481 e. The predicted octanol–water partition coefficient (Wildman–Crippen LogP) is 2.25. The third-order valence-corrected chi connectivity index (χ3v) is 5.41. The molecule has 0 radical (unpaired) electrons. The molecule has 0 spiro atoms. The summed E-state index contributed by atoms with van der Waals surface area (Å²) in [5.74, 6) is -1.39. The summed E-state index contributed by atoms with van der Waals surface area (Å²) in [4.78, 5) is 36.2. The third kappa shape index (κ3) is 3.55. The standard InChI is InChI=1S/C18H22N2O6/c1-11-2-3-13(20(24)25)10-15(11)17(21)19-7-4-12(5-8-19)16-14(18(22)23)6-9-26-16/h2-3,10,12,14,16H,4-9H2,1H3,(H,22,23)/t14?,16-/m0/s1. The Bertz CT molecular complexity index is 726. The molecule has 1 aromatic rings. The van der Waals surface area contributed by atoms with E-state index in [1.807, 2.05) is 0 Å². The molecule has 0 aromatic heterocycles. The van der Waals surface area contributed by atoms with Crippen molar-refractivity contribution < 1.29 is 24.4 Å². The van der Waals surface area contributed by atoms with Gasteiger partial charge in [0.2, 0.25) is 0 Å². The number of carbonyl (C=O) groups is 2. The molecule has 140 valence electrons. The van der Waals surface area contributed by atoms with Gasteiger partial charge in [-0.05, 0) is 37.7 Å². The van der Waals surface area contributed by atoms with E-state index in [-0.39, 0.29) is 23.6 Å². The highest BCUT2D eigenvalue weighted by molar-refractivity contribution is 5.96. The number of benzene rings is 1. The first-order chi connectivity index (χ1) is 12.4. The molecule has 2 heterocycles. The zero-order chi connectivity index (χ0) is 18.8. The van der Waals surface area contributed by atoms with Gasteiger partial charge >= 0.3 is 5.97 Å². The molecule has 0 saturated carbocycles.